The number of furan rings is 1. The van der Waals surface area contributed by atoms with Crippen LogP contribution >= 0.6 is 22.9 Å². The van der Waals surface area contributed by atoms with E-state index in [-0.39, 0.29) is 5.91 Å². The van der Waals surface area contributed by atoms with Gasteiger partial charge in [0.2, 0.25) is 5.91 Å². The van der Waals surface area contributed by atoms with E-state index < -0.39 is 0 Å². The lowest BCUT2D eigenvalue weighted by Crippen LogP contribution is -2.35. The number of amides is 1. The highest BCUT2D eigenvalue weighted by atomic mass is 35.5. The molecule has 0 atom stereocenters. The largest absolute Gasteiger partial charge is 0.459 e. The summed E-state index contributed by atoms with van der Waals surface area (Å²) in [4.78, 5) is 16.1. The van der Waals surface area contributed by atoms with E-state index in [9.17, 15) is 4.79 Å². The molecule has 0 aliphatic carbocycles. The number of hydrogen-bond acceptors (Lipinski definition) is 4. The van der Waals surface area contributed by atoms with Crippen LogP contribution < -0.4 is 0 Å². The lowest BCUT2D eigenvalue weighted by Gasteiger charge is -2.21. The molecule has 0 saturated carbocycles. The van der Waals surface area contributed by atoms with Crippen molar-refractivity contribution in [3.8, 4) is 11.3 Å². The van der Waals surface area contributed by atoms with Crippen LogP contribution in [0.3, 0.4) is 0 Å². The molecule has 6 heteroatoms. The Bertz CT molecular complexity index is 843. The van der Waals surface area contributed by atoms with E-state index in [4.69, 9.17) is 16.0 Å². The molecule has 136 valence electrons. The van der Waals surface area contributed by atoms with E-state index >= 15 is 0 Å². The summed E-state index contributed by atoms with van der Waals surface area (Å²) >= 11 is 7.58. The molecule has 26 heavy (non-hydrogen) atoms. The van der Waals surface area contributed by atoms with Crippen molar-refractivity contribution in [2.75, 3.05) is 20.6 Å². The lowest BCUT2D eigenvalue weighted by molar-refractivity contribution is -0.131. The second-order valence-electron chi connectivity index (χ2n) is 6.33. The maximum Gasteiger partial charge on any atom is 0.236 e. The zero-order valence-electron chi connectivity index (χ0n) is 14.8. The van der Waals surface area contributed by atoms with Crippen LogP contribution in [0.25, 0.3) is 11.3 Å². The molecule has 0 radical (unpaired) electrons. The second kappa shape index (κ2) is 8.54. The van der Waals surface area contributed by atoms with Crippen molar-refractivity contribution >= 4 is 28.8 Å². The monoisotopic (exact) mass is 388 g/mol. The summed E-state index contributed by atoms with van der Waals surface area (Å²) in [6.45, 7) is 1.58. The number of halogens is 1. The van der Waals surface area contributed by atoms with Crippen LogP contribution in [0.1, 0.15) is 11.3 Å². The Morgan fingerprint density at radius 2 is 1.85 bits per heavy atom. The summed E-state index contributed by atoms with van der Waals surface area (Å²) in [6, 6.07) is 13.4. The third kappa shape index (κ3) is 4.97. The summed E-state index contributed by atoms with van der Waals surface area (Å²) in [5, 5.41) is 4.84. The number of carbonyl (C=O) groups is 1. The lowest BCUT2D eigenvalue weighted by atomic mass is 10.2. The van der Waals surface area contributed by atoms with E-state index in [0.29, 0.717) is 18.1 Å². The van der Waals surface area contributed by atoms with Crippen LogP contribution in [0, 0.1) is 0 Å². The van der Waals surface area contributed by atoms with E-state index in [1.165, 1.54) is 5.56 Å². The molecule has 0 aliphatic rings. The average molecular weight is 389 g/mol. The molecule has 0 unspecified atom stereocenters. The maximum atomic E-state index is 12.4. The number of thiophene rings is 1. The Balaban J connectivity index is 1.54. The van der Waals surface area contributed by atoms with Crippen molar-refractivity contribution < 1.29 is 9.21 Å². The summed E-state index contributed by atoms with van der Waals surface area (Å²) in [7, 11) is 3.75. The fraction of sp³-hybridized carbons (Fsp3) is 0.250. The molecule has 1 amide bonds. The predicted octanol–water partition coefficient (Wildman–Crippen LogP) is 4.75. The van der Waals surface area contributed by atoms with Crippen molar-refractivity contribution in [1.82, 2.24) is 9.80 Å². The molecule has 2 heterocycles. The molecule has 0 N–H and O–H groups in total. The Labute approximate surface area is 162 Å². The molecule has 0 bridgehead atoms. The summed E-state index contributed by atoms with van der Waals surface area (Å²) in [5.74, 6) is 1.59. The van der Waals surface area contributed by atoms with E-state index in [0.717, 1.165) is 23.6 Å². The van der Waals surface area contributed by atoms with E-state index in [1.54, 1.807) is 23.3 Å². The topological polar surface area (TPSA) is 36.7 Å². The molecule has 3 aromatic rings. The van der Waals surface area contributed by atoms with Gasteiger partial charge >= 0.3 is 0 Å². The van der Waals surface area contributed by atoms with Gasteiger partial charge in [-0.1, -0.05) is 11.6 Å². The van der Waals surface area contributed by atoms with E-state index in [2.05, 4.69) is 11.4 Å². The minimum absolute atomic E-state index is 0.0622. The normalized spacial score (nSPS) is 11.1. The minimum atomic E-state index is 0.0622. The van der Waals surface area contributed by atoms with Crippen LogP contribution in [-0.4, -0.2) is 36.3 Å². The van der Waals surface area contributed by atoms with Crippen molar-refractivity contribution in [2.45, 2.75) is 13.1 Å². The van der Waals surface area contributed by atoms with Gasteiger partial charge in [-0.05, 0) is 65.8 Å². The van der Waals surface area contributed by atoms with Gasteiger partial charge in [0, 0.05) is 24.2 Å². The van der Waals surface area contributed by atoms with Gasteiger partial charge in [-0.25, -0.2) is 0 Å². The molecule has 3 rings (SSSR count). The summed E-state index contributed by atoms with van der Waals surface area (Å²) in [5.41, 5.74) is 2.19. The molecule has 4 nitrogen and oxygen atoms in total. The van der Waals surface area contributed by atoms with Gasteiger partial charge in [0.1, 0.15) is 11.5 Å². The smallest absolute Gasteiger partial charge is 0.236 e. The Morgan fingerprint density at radius 3 is 2.54 bits per heavy atom. The molecule has 0 aliphatic heterocycles. The number of rotatable bonds is 7. The number of benzene rings is 1. The first-order chi connectivity index (χ1) is 12.5. The average Bonchev–Trinajstić information content (AvgIpc) is 3.27. The fourth-order valence-corrected chi connectivity index (χ4v) is 3.44. The standard InChI is InChI=1S/C20H21ClN2O2S/c1-22(11-15-9-10-26-14-15)13-20(24)23(2)12-18-7-8-19(25-18)16-3-5-17(21)6-4-16/h3-10,14H,11-13H2,1-2H3. The third-order valence-electron chi connectivity index (χ3n) is 4.05. The van der Waals surface area contributed by atoms with Crippen LogP contribution in [0.5, 0.6) is 0 Å². The van der Waals surface area contributed by atoms with Gasteiger partial charge in [-0.3, -0.25) is 9.69 Å². The highest BCUT2D eigenvalue weighted by Crippen LogP contribution is 2.24. The SMILES string of the molecule is CN(CC(=O)N(C)Cc1ccc(-c2ccc(Cl)cc2)o1)Cc1ccsc1. The Hall–Kier alpha value is -2.08. The summed E-state index contributed by atoms with van der Waals surface area (Å²) in [6.07, 6.45) is 0. The van der Waals surface area contributed by atoms with Gasteiger partial charge < -0.3 is 9.32 Å². The number of likely N-dealkylation sites (N-methyl/N-ethyl adjacent to an activating group) is 2. The molecule has 1 aromatic carbocycles. The van der Waals surface area contributed by atoms with Crippen LogP contribution in [0.4, 0.5) is 0 Å². The fourth-order valence-electron chi connectivity index (χ4n) is 2.66. The Morgan fingerprint density at radius 1 is 1.08 bits per heavy atom. The second-order valence-corrected chi connectivity index (χ2v) is 7.54. The quantitative estimate of drug-likeness (QED) is 0.586. The van der Waals surface area contributed by atoms with Crippen LogP contribution in [-0.2, 0) is 17.9 Å². The van der Waals surface area contributed by atoms with Gasteiger partial charge in [-0.2, -0.15) is 11.3 Å². The van der Waals surface area contributed by atoms with E-state index in [1.807, 2.05) is 53.7 Å². The Kier molecular flexibility index (Phi) is 6.14. The van der Waals surface area contributed by atoms with Gasteiger partial charge in [0.25, 0.3) is 0 Å². The highest BCUT2D eigenvalue weighted by Gasteiger charge is 2.14. The maximum absolute atomic E-state index is 12.4. The van der Waals surface area contributed by atoms with Crippen molar-refractivity contribution in [1.29, 1.82) is 0 Å². The first-order valence-electron chi connectivity index (χ1n) is 8.29. The van der Waals surface area contributed by atoms with Crippen LogP contribution in [0.15, 0.2) is 57.6 Å². The first-order valence-corrected chi connectivity index (χ1v) is 9.61. The molecule has 0 saturated heterocycles. The molecule has 0 fully saturated rings. The van der Waals surface area contributed by atoms with Gasteiger partial charge in [0.05, 0.1) is 13.1 Å². The first kappa shape index (κ1) is 18.7. The zero-order valence-corrected chi connectivity index (χ0v) is 16.4. The third-order valence-corrected chi connectivity index (χ3v) is 5.03. The predicted molar refractivity (Wildman–Crippen MR) is 106 cm³/mol. The van der Waals surface area contributed by atoms with Crippen molar-refractivity contribution in [3.05, 3.63) is 69.6 Å². The van der Waals surface area contributed by atoms with Crippen molar-refractivity contribution in [2.24, 2.45) is 0 Å². The number of nitrogens with zero attached hydrogens (tertiary/aromatic N) is 2. The zero-order chi connectivity index (χ0) is 18.5. The van der Waals surface area contributed by atoms with Crippen molar-refractivity contribution in [3.63, 3.8) is 0 Å². The molecular formula is C20H21ClN2O2S. The molecule has 2 aromatic heterocycles. The molecular weight excluding hydrogens is 368 g/mol. The summed E-state index contributed by atoms with van der Waals surface area (Å²) < 4.78 is 5.87. The highest BCUT2D eigenvalue weighted by molar-refractivity contribution is 7.07. The number of carbonyl (C=O) groups excluding carboxylic acids is 1. The van der Waals surface area contributed by atoms with Gasteiger partial charge in [-0.15, -0.1) is 0 Å². The number of hydrogen-bond donors (Lipinski definition) is 0. The minimum Gasteiger partial charge on any atom is -0.459 e. The van der Waals surface area contributed by atoms with Gasteiger partial charge in [0.15, 0.2) is 0 Å². The van der Waals surface area contributed by atoms with Crippen LogP contribution in [0.2, 0.25) is 5.02 Å². The molecule has 0 spiro atoms.